The third-order valence-corrected chi connectivity index (χ3v) is 1.84. The zero-order valence-electron chi connectivity index (χ0n) is 10.0. The van der Waals surface area contributed by atoms with Gasteiger partial charge < -0.3 is 0 Å². The van der Waals surface area contributed by atoms with Crippen LogP contribution in [0.25, 0.3) is 0 Å². The van der Waals surface area contributed by atoms with Gasteiger partial charge in [-0.15, -0.1) is 0 Å². The summed E-state index contributed by atoms with van der Waals surface area (Å²) in [4.78, 5) is 11.3. The largest absolute Gasteiger partial charge is 0.295 e. The van der Waals surface area contributed by atoms with Crippen molar-refractivity contribution in [1.82, 2.24) is 0 Å². The summed E-state index contributed by atoms with van der Waals surface area (Å²) in [6.07, 6.45) is 10.5. The van der Waals surface area contributed by atoms with E-state index in [2.05, 4.69) is 30.6 Å². The van der Waals surface area contributed by atoms with Crippen LogP contribution in [-0.2, 0) is 4.79 Å². The van der Waals surface area contributed by atoms with Crippen molar-refractivity contribution in [2.45, 2.75) is 39.5 Å². The van der Waals surface area contributed by atoms with Gasteiger partial charge in [0.15, 0.2) is 5.78 Å². The summed E-state index contributed by atoms with van der Waals surface area (Å²) in [7, 11) is 0. The van der Waals surface area contributed by atoms with E-state index in [0.717, 1.165) is 19.3 Å². The maximum Gasteiger partial charge on any atom is 0.156 e. The molecular formula is C15H18O. The second kappa shape index (κ2) is 11.3. The normalized spacial score (nSPS) is 9.62. The molecule has 0 heterocycles. The highest BCUT2D eigenvalue weighted by molar-refractivity contribution is 5.90. The Bertz CT molecular complexity index is 364. The first kappa shape index (κ1) is 14.3. The van der Waals surface area contributed by atoms with Crippen molar-refractivity contribution in [1.29, 1.82) is 0 Å². The van der Waals surface area contributed by atoms with Crippen LogP contribution in [-0.4, -0.2) is 5.78 Å². The molecule has 0 aliphatic heterocycles. The molecule has 0 aromatic heterocycles. The topological polar surface area (TPSA) is 17.1 Å². The molecular weight excluding hydrogens is 196 g/mol. The molecule has 0 spiro atoms. The van der Waals surface area contributed by atoms with Gasteiger partial charge in [0.05, 0.1) is 0 Å². The highest BCUT2D eigenvalue weighted by Gasteiger charge is 1.94. The lowest BCUT2D eigenvalue weighted by Crippen LogP contribution is -1.91. The Morgan fingerprint density at radius 3 is 2.44 bits per heavy atom. The molecule has 0 amide bonds. The third-order valence-electron chi connectivity index (χ3n) is 1.84. The van der Waals surface area contributed by atoms with Crippen LogP contribution in [0.4, 0.5) is 0 Å². The first-order valence-corrected chi connectivity index (χ1v) is 5.62. The molecule has 0 N–H and O–H groups in total. The zero-order chi connectivity index (χ0) is 12.1. The Hall–Kier alpha value is -1.73. The molecule has 0 aliphatic carbocycles. The first-order chi connectivity index (χ1) is 7.81. The van der Waals surface area contributed by atoms with Crippen LogP contribution < -0.4 is 0 Å². The van der Waals surface area contributed by atoms with Gasteiger partial charge in [-0.1, -0.05) is 37.7 Å². The molecule has 0 bridgehead atoms. The molecule has 0 atom stereocenters. The van der Waals surface area contributed by atoms with Crippen molar-refractivity contribution in [3.05, 3.63) is 24.3 Å². The lowest BCUT2D eigenvalue weighted by atomic mass is 10.1. The van der Waals surface area contributed by atoms with Crippen LogP contribution in [0.15, 0.2) is 24.3 Å². The van der Waals surface area contributed by atoms with E-state index in [1.54, 1.807) is 12.2 Å². The smallest absolute Gasteiger partial charge is 0.156 e. The van der Waals surface area contributed by atoms with Crippen LogP contribution >= 0.6 is 0 Å². The molecule has 16 heavy (non-hydrogen) atoms. The summed E-state index contributed by atoms with van der Waals surface area (Å²) in [5, 5.41) is 0. The fraction of sp³-hybridized carbons (Fsp3) is 0.400. The fourth-order valence-corrected chi connectivity index (χ4v) is 1.01. The molecule has 0 aliphatic rings. The molecule has 0 fully saturated rings. The van der Waals surface area contributed by atoms with Crippen LogP contribution in [0.5, 0.6) is 0 Å². The van der Waals surface area contributed by atoms with E-state index in [1.165, 1.54) is 6.08 Å². The van der Waals surface area contributed by atoms with Gasteiger partial charge in [0, 0.05) is 6.42 Å². The fourth-order valence-electron chi connectivity index (χ4n) is 1.01. The van der Waals surface area contributed by atoms with E-state index in [0.29, 0.717) is 6.42 Å². The van der Waals surface area contributed by atoms with Crippen molar-refractivity contribution in [2.75, 3.05) is 0 Å². The number of carbonyl (C=O) groups is 1. The SMILES string of the molecule is C/C=C/C#CC#C/C=C/C(=O)CCCCC. The van der Waals surface area contributed by atoms with E-state index in [-0.39, 0.29) is 5.78 Å². The van der Waals surface area contributed by atoms with Crippen molar-refractivity contribution in [3.8, 4) is 23.7 Å². The van der Waals surface area contributed by atoms with Gasteiger partial charge in [-0.25, -0.2) is 0 Å². The molecule has 0 unspecified atom stereocenters. The molecule has 0 saturated carbocycles. The van der Waals surface area contributed by atoms with E-state index >= 15 is 0 Å². The minimum Gasteiger partial charge on any atom is -0.295 e. The predicted molar refractivity (Wildman–Crippen MR) is 68.7 cm³/mol. The van der Waals surface area contributed by atoms with Gasteiger partial charge in [0.2, 0.25) is 0 Å². The van der Waals surface area contributed by atoms with Gasteiger partial charge in [0.1, 0.15) is 0 Å². The molecule has 1 heteroatoms. The highest BCUT2D eigenvalue weighted by Crippen LogP contribution is 1.99. The molecule has 0 aromatic rings. The second-order valence-electron chi connectivity index (χ2n) is 3.30. The Labute approximate surface area is 98.6 Å². The predicted octanol–water partition coefficient (Wildman–Crippen LogP) is 3.27. The number of allylic oxidation sites excluding steroid dienone is 4. The van der Waals surface area contributed by atoms with Crippen LogP contribution in [0.3, 0.4) is 0 Å². The Kier molecular flexibility index (Phi) is 10.1. The van der Waals surface area contributed by atoms with Crippen LogP contribution in [0.2, 0.25) is 0 Å². The molecule has 0 aromatic carbocycles. The Morgan fingerprint density at radius 2 is 1.81 bits per heavy atom. The number of unbranched alkanes of at least 4 members (excludes halogenated alkanes) is 2. The van der Waals surface area contributed by atoms with E-state index in [1.807, 2.05) is 13.0 Å². The van der Waals surface area contributed by atoms with E-state index < -0.39 is 0 Å². The van der Waals surface area contributed by atoms with Crippen LogP contribution in [0, 0.1) is 23.7 Å². The summed E-state index contributed by atoms with van der Waals surface area (Å²) >= 11 is 0. The van der Waals surface area contributed by atoms with E-state index in [9.17, 15) is 4.79 Å². The number of carbonyl (C=O) groups excluding carboxylic acids is 1. The molecule has 1 nitrogen and oxygen atoms in total. The summed E-state index contributed by atoms with van der Waals surface area (Å²) in [6.45, 7) is 4.02. The minimum absolute atomic E-state index is 0.143. The Balaban J connectivity index is 3.83. The molecule has 0 radical (unpaired) electrons. The van der Waals surface area contributed by atoms with Gasteiger partial charge in [-0.3, -0.25) is 4.79 Å². The van der Waals surface area contributed by atoms with Gasteiger partial charge in [-0.05, 0) is 43.4 Å². The lowest BCUT2D eigenvalue weighted by molar-refractivity contribution is -0.114. The lowest BCUT2D eigenvalue weighted by Gasteiger charge is -1.92. The van der Waals surface area contributed by atoms with Crippen molar-refractivity contribution < 1.29 is 4.79 Å². The molecule has 0 saturated heterocycles. The molecule has 84 valence electrons. The standard InChI is InChI=1S/C15H18O/c1-3-5-7-8-9-10-12-14-15(16)13-11-6-4-2/h3,5,12,14H,4,6,11,13H2,1-2H3/b5-3+,14-12+. The average Bonchev–Trinajstić information content (AvgIpc) is 2.28. The summed E-state index contributed by atoms with van der Waals surface area (Å²) < 4.78 is 0. The summed E-state index contributed by atoms with van der Waals surface area (Å²) in [5.74, 6) is 10.9. The number of rotatable bonds is 5. The molecule has 0 rings (SSSR count). The first-order valence-electron chi connectivity index (χ1n) is 5.62. The zero-order valence-corrected chi connectivity index (χ0v) is 10.0. The van der Waals surface area contributed by atoms with Crippen LogP contribution in [0.1, 0.15) is 39.5 Å². The van der Waals surface area contributed by atoms with Crippen molar-refractivity contribution >= 4 is 5.78 Å². The van der Waals surface area contributed by atoms with Crippen molar-refractivity contribution in [2.24, 2.45) is 0 Å². The average molecular weight is 214 g/mol. The summed E-state index contributed by atoms with van der Waals surface area (Å²) in [6, 6.07) is 0. The van der Waals surface area contributed by atoms with Gasteiger partial charge in [0.25, 0.3) is 0 Å². The monoisotopic (exact) mass is 214 g/mol. The minimum atomic E-state index is 0.143. The van der Waals surface area contributed by atoms with Gasteiger partial charge in [-0.2, -0.15) is 0 Å². The van der Waals surface area contributed by atoms with E-state index in [4.69, 9.17) is 0 Å². The maximum atomic E-state index is 11.3. The van der Waals surface area contributed by atoms with Gasteiger partial charge >= 0.3 is 0 Å². The number of ketones is 1. The summed E-state index contributed by atoms with van der Waals surface area (Å²) in [5.41, 5.74) is 0. The maximum absolute atomic E-state index is 11.3. The quantitative estimate of drug-likeness (QED) is 0.390. The second-order valence-corrected chi connectivity index (χ2v) is 3.30. The number of hydrogen-bond acceptors (Lipinski definition) is 1. The van der Waals surface area contributed by atoms with Crippen molar-refractivity contribution in [3.63, 3.8) is 0 Å². The third kappa shape index (κ3) is 10.4. The highest BCUT2D eigenvalue weighted by atomic mass is 16.1. The Morgan fingerprint density at radius 1 is 1.12 bits per heavy atom. The number of hydrogen-bond donors (Lipinski definition) is 0.